The first-order valence-electron chi connectivity index (χ1n) is 33.4. The van der Waals surface area contributed by atoms with Crippen molar-refractivity contribution in [3.05, 3.63) is 0 Å². The first-order valence-corrected chi connectivity index (χ1v) is 33.4. The third kappa shape index (κ3) is 25.9. The van der Waals surface area contributed by atoms with Gasteiger partial charge in [-0.25, -0.2) is 0 Å². The molecule has 0 saturated carbocycles. The molecule has 0 aromatic carbocycles. The molecule has 0 radical (unpaired) electrons. The summed E-state index contributed by atoms with van der Waals surface area (Å²) in [5.74, 6) is -8.46. The van der Waals surface area contributed by atoms with Gasteiger partial charge in [0.05, 0.1) is 6.54 Å². The maximum Gasteiger partial charge on any atom is 0.246 e. The standard InChI is InChI=1S/C67H122N12O12/c1-25-49-63(87)73(18)38-55(81)74(19)50(33-39(2)3)61(85)72-56(43(10)11)66(90)75(20)51(34-40(4)5)59(83)69-46(15)58(82)70-47(16)62(86)77(22)53(35-41(6)7)64(88)78(23)54(36-42(8)9)65(89)79(24)57(44(12)13)67(91)76(21)52(60(84)71-49)37-45(14)31-29-27-26-28-30-32-68-48(17)80/h39-47,49-54,56-57H,25-38H2,1-24H3,(H,68,80)(H,69,83)(H,70,82)(H,71,84)(H,72,85)/t45-,46+,47+,49+,50+,51+,52?,53?,54+,56+,57+/m1/s1. The number of nitrogens with zero attached hydrogens (tertiary/aromatic N) is 7. The van der Waals surface area contributed by atoms with Crippen molar-refractivity contribution in [2.75, 3.05) is 62.4 Å². The predicted molar refractivity (Wildman–Crippen MR) is 354 cm³/mol. The normalized spacial score (nSPS) is 25.4. The van der Waals surface area contributed by atoms with Crippen LogP contribution in [0.5, 0.6) is 0 Å². The molecule has 522 valence electrons. The van der Waals surface area contributed by atoms with Crippen molar-refractivity contribution >= 4 is 70.9 Å². The zero-order chi connectivity index (χ0) is 70.2. The van der Waals surface area contributed by atoms with E-state index in [1.165, 1.54) is 104 Å². The molecule has 1 heterocycles. The minimum atomic E-state index is -1.22. The van der Waals surface area contributed by atoms with E-state index in [-0.39, 0.29) is 74.0 Å². The lowest BCUT2D eigenvalue weighted by Crippen LogP contribution is -2.61. The van der Waals surface area contributed by atoms with Crippen LogP contribution in [0.25, 0.3) is 0 Å². The highest BCUT2D eigenvalue weighted by Gasteiger charge is 2.44. The number of likely N-dealkylation sites (N-methyl/N-ethyl adjacent to an activating group) is 7. The van der Waals surface area contributed by atoms with Gasteiger partial charge in [-0.1, -0.05) is 129 Å². The van der Waals surface area contributed by atoms with Crippen molar-refractivity contribution in [3.8, 4) is 0 Å². The van der Waals surface area contributed by atoms with Crippen LogP contribution >= 0.6 is 0 Å². The number of amides is 12. The van der Waals surface area contributed by atoms with Gasteiger partial charge < -0.3 is 60.9 Å². The van der Waals surface area contributed by atoms with Crippen molar-refractivity contribution in [2.24, 2.45) is 41.4 Å². The summed E-state index contributed by atoms with van der Waals surface area (Å²) in [5, 5.41) is 14.0. The highest BCUT2D eigenvalue weighted by atomic mass is 16.2. The predicted octanol–water partition coefficient (Wildman–Crippen LogP) is 4.81. The van der Waals surface area contributed by atoms with Gasteiger partial charge in [-0.3, -0.25) is 57.5 Å². The van der Waals surface area contributed by atoms with E-state index in [1.807, 2.05) is 62.3 Å². The molecule has 1 rings (SSSR count). The molecule has 24 nitrogen and oxygen atoms in total. The van der Waals surface area contributed by atoms with Gasteiger partial charge >= 0.3 is 0 Å². The third-order valence-electron chi connectivity index (χ3n) is 17.4. The van der Waals surface area contributed by atoms with Gasteiger partial charge in [-0.15, -0.1) is 0 Å². The molecule has 2 unspecified atom stereocenters. The summed E-state index contributed by atoms with van der Waals surface area (Å²) in [4.78, 5) is 181. The van der Waals surface area contributed by atoms with Crippen molar-refractivity contribution in [1.29, 1.82) is 0 Å². The SMILES string of the molecule is CC[C@@H]1NC(=O)C(C[C@H](C)CCCCCCCNC(C)=O)N(C)C(=O)[C@H](C(C)C)N(C)C(=O)[C@H](CC(C)C)N(C)C(=O)C(CC(C)C)N(C)C(=O)[C@H](C)NC(=O)[C@H](C)NC(=O)[C@H](CC(C)C)N(C)C(=O)[C@H](C(C)C)NC(=O)[C@H](CC(C)C)N(C)C(=O)CN(C)C1=O. The minimum Gasteiger partial charge on any atom is -0.356 e. The highest BCUT2D eigenvalue weighted by molar-refractivity contribution is 5.99. The van der Waals surface area contributed by atoms with Crippen molar-refractivity contribution in [2.45, 2.75) is 255 Å². The Kier molecular flexibility index (Phi) is 35.6. The van der Waals surface area contributed by atoms with E-state index in [0.717, 1.165) is 32.1 Å². The van der Waals surface area contributed by atoms with Gasteiger partial charge in [0.1, 0.15) is 60.4 Å². The summed E-state index contributed by atoms with van der Waals surface area (Å²) in [7, 11) is 10.3. The second kappa shape index (κ2) is 39.2. The van der Waals surface area contributed by atoms with Crippen molar-refractivity contribution in [1.82, 2.24) is 60.9 Å². The highest BCUT2D eigenvalue weighted by Crippen LogP contribution is 2.26. The Morgan fingerprint density at radius 2 is 0.846 bits per heavy atom. The van der Waals surface area contributed by atoms with Crippen LogP contribution in [0.3, 0.4) is 0 Å². The fourth-order valence-electron chi connectivity index (χ4n) is 11.7. The van der Waals surface area contributed by atoms with E-state index in [0.29, 0.717) is 13.0 Å². The van der Waals surface area contributed by atoms with E-state index in [2.05, 4.69) is 26.6 Å². The van der Waals surface area contributed by atoms with Gasteiger partial charge in [0, 0.05) is 62.8 Å². The number of hydrogen-bond donors (Lipinski definition) is 5. The maximum atomic E-state index is 15.3. The Hall–Kier alpha value is -6.36. The molecular formula is C67H122N12O12. The molecule has 1 fully saturated rings. The topological polar surface area (TPSA) is 288 Å². The summed E-state index contributed by atoms with van der Waals surface area (Å²) in [5.41, 5.74) is 0. The Bertz CT molecular complexity index is 2440. The molecule has 91 heavy (non-hydrogen) atoms. The fourth-order valence-corrected chi connectivity index (χ4v) is 11.7. The zero-order valence-corrected chi connectivity index (χ0v) is 60.2. The van der Waals surface area contributed by atoms with Gasteiger partial charge in [-0.2, -0.15) is 0 Å². The molecule has 24 heteroatoms. The molecule has 0 aliphatic carbocycles. The number of hydrogen-bond acceptors (Lipinski definition) is 12. The lowest BCUT2D eigenvalue weighted by Gasteiger charge is -2.41. The molecule has 0 spiro atoms. The quantitative estimate of drug-likeness (QED) is 0.0969. The summed E-state index contributed by atoms with van der Waals surface area (Å²) < 4.78 is 0. The first kappa shape index (κ1) is 82.7. The second-order valence-electron chi connectivity index (χ2n) is 28.3. The Morgan fingerprint density at radius 3 is 1.33 bits per heavy atom. The number of unbranched alkanes of at least 4 members (excludes halogenated alkanes) is 4. The molecule has 1 aliphatic rings. The van der Waals surface area contributed by atoms with E-state index >= 15 is 14.4 Å². The molecule has 0 aromatic rings. The second-order valence-corrected chi connectivity index (χ2v) is 28.3. The molecule has 1 aliphatic heterocycles. The zero-order valence-electron chi connectivity index (χ0n) is 60.2. The first-order chi connectivity index (χ1) is 42.1. The minimum absolute atomic E-state index is 0.0756. The summed E-state index contributed by atoms with van der Waals surface area (Å²) in [6.07, 6.45) is 6.13. The molecular weight excluding hydrogens is 1160 g/mol. The van der Waals surface area contributed by atoms with Crippen LogP contribution in [0.15, 0.2) is 0 Å². The van der Waals surface area contributed by atoms with E-state index < -0.39 is 144 Å². The number of rotatable bonds is 21. The number of nitrogens with one attached hydrogen (secondary N) is 5. The average molecular weight is 1290 g/mol. The van der Waals surface area contributed by atoms with Crippen LogP contribution in [0, 0.1) is 41.4 Å². The summed E-state index contributed by atoms with van der Waals surface area (Å²) in [6, 6.07) is -11.5. The van der Waals surface area contributed by atoms with E-state index in [4.69, 9.17) is 0 Å². The largest absolute Gasteiger partial charge is 0.356 e. The third-order valence-corrected chi connectivity index (χ3v) is 17.4. The van der Waals surface area contributed by atoms with Gasteiger partial charge in [-0.05, 0) is 100 Å². The molecule has 5 N–H and O–H groups in total. The van der Waals surface area contributed by atoms with Crippen LogP contribution in [-0.4, -0.2) is 228 Å². The van der Waals surface area contributed by atoms with Crippen LogP contribution in [-0.2, 0) is 57.5 Å². The molecule has 0 aromatic heterocycles. The number of carbonyl (C=O) groups is 12. The van der Waals surface area contributed by atoms with Gasteiger partial charge in [0.25, 0.3) is 0 Å². The van der Waals surface area contributed by atoms with Crippen LogP contribution in [0.1, 0.15) is 195 Å². The Balaban J connectivity index is 4.24. The fraction of sp³-hybridized carbons (Fsp3) is 0.821. The molecule has 11 atom stereocenters. The van der Waals surface area contributed by atoms with Gasteiger partial charge in [0.15, 0.2) is 0 Å². The van der Waals surface area contributed by atoms with Crippen molar-refractivity contribution < 1.29 is 57.5 Å². The molecule has 1 saturated heterocycles. The van der Waals surface area contributed by atoms with Gasteiger partial charge in [0.2, 0.25) is 70.9 Å². The van der Waals surface area contributed by atoms with Crippen LogP contribution < -0.4 is 26.6 Å². The molecule has 12 amide bonds. The van der Waals surface area contributed by atoms with Crippen molar-refractivity contribution in [3.63, 3.8) is 0 Å². The van der Waals surface area contributed by atoms with Crippen LogP contribution in [0.2, 0.25) is 0 Å². The average Bonchev–Trinajstić information content (AvgIpc) is 1.10. The maximum absolute atomic E-state index is 15.3. The van der Waals surface area contributed by atoms with E-state index in [1.54, 1.807) is 34.6 Å². The van der Waals surface area contributed by atoms with E-state index in [9.17, 15) is 43.2 Å². The number of carbonyl (C=O) groups excluding carboxylic acids is 12. The Morgan fingerprint density at radius 1 is 0.440 bits per heavy atom. The lowest BCUT2D eigenvalue weighted by molar-refractivity contribution is -0.156. The Labute approximate surface area is 546 Å². The monoisotopic (exact) mass is 1290 g/mol. The summed E-state index contributed by atoms with van der Waals surface area (Å²) in [6.45, 7) is 30.3. The molecule has 0 bridgehead atoms. The smallest absolute Gasteiger partial charge is 0.246 e. The summed E-state index contributed by atoms with van der Waals surface area (Å²) >= 11 is 0. The lowest BCUT2D eigenvalue weighted by atomic mass is 9.92. The van der Waals surface area contributed by atoms with Crippen LogP contribution in [0.4, 0.5) is 0 Å².